The number of hydrogen-bond donors (Lipinski definition) is 1. The largest absolute Gasteiger partial charge is 0.347 e. The fourth-order valence-corrected chi connectivity index (χ4v) is 10.2. The first kappa shape index (κ1) is 29.8. The summed E-state index contributed by atoms with van der Waals surface area (Å²) in [5, 5.41) is 13.3. The molecule has 1 aromatic rings. The van der Waals surface area contributed by atoms with E-state index in [9.17, 15) is 19.6 Å². The summed E-state index contributed by atoms with van der Waals surface area (Å²) in [5.41, 5.74) is 2.56. The number of fused-ring (bicyclic) bond motifs is 7. The average Bonchev–Trinajstić information content (AvgIpc) is 2.96. The number of carbonyl (C=O) groups is 3. The van der Waals surface area contributed by atoms with Crippen molar-refractivity contribution in [2.24, 2.45) is 45.8 Å². The molecule has 0 saturated heterocycles. The van der Waals surface area contributed by atoms with Crippen LogP contribution in [0.15, 0.2) is 53.6 Å². The second kappa shape index (κ2) is 10.1. The molecule has 8 unspecified atom stereocenters. The third kappa shape index (κ3) is 4.68. The second-order valence-corrected chi connectivity index (χ2v) is 15.7. The average molecular weight is 579 g/mol. The molecular formula is C38H46N2O3. The molecule has 5 heteroatoms. The van der Waals surface area contributed by atoms with Gasteiger partial charge in [0.15, 0.2) is 11.6 Å². The van der Waals surface area contributed by atoms with E-state index in [1.54, 1.807) is 6.08 Å². The molecule has 0 heterocycles. The van der Waals surface area contributed by atoms with Crippen molar-refractivity contribution in [1.29, 1.82) is 5.26 Å². The summed E-state index contributed by atoms with van der Waals surface area (Å²) in [6, 6.07) is 10.3. The minimum Gasteiger partial charge on any atom is -0.347 e. The molecule has 5 aliphatic carbocycles. The van der Waals surface area contributed by atoms with E-state index in [4.69, 9.17) is 0 Å². The van der Waals surface area contributed by atoms with Crippen molar-refractivity contribution in [2.45, 2.75) is 92.0 Å². The van der Waals surface area contributed by atoms with Crippen molar-refractivity contribution in [3.8, 4) is 6.07 Å². The number of ketones is 2. The lowest BCUT2D eigenvalue weighted by Crippen LogP contribution is -2.66. The number of Topliss-reactive ketones (excluding diaryl/α,β-unsaturated/α-hetero) is 1. The fourth-order valence-electron chi connectivity index (χ4n) is 10.2. The minimum atomic E-state index is -0.485. The van der Waals surface area contributed by atoms with Gasteiger partial charge in [-0.05, 0) is 98.2 Å². The van der Waals surface area contributed by atoms with Gasteiger partial charge in [0.25, 0.3) is 0 Å². The molecule has 1 aromatic carbocycles. The molecule has 1 amide bonds. The molecule has 0 aromatic heterocycles. The summed E-state index contributed by atoms with van der Waals surface area (Å²) >= 11 is 0. The van der Waals surface area contributed by atoms with Crippen molar-refractivity contribution in [1.82, 2.24) is 5.32 Å². The highest BCUT2D eigenvalue weighted by Crippen LogP contribution is 2.68. The SMILES string of the molecule is Cc1ccc(/C=C/C(=O)NC23CCC4C(C(=O)C=C5C6(C)C=C(C#N)C(=O)C(C)C6CCC54C)C2CC(C)(C)CC3)cc1. The van der Waals surface area contributed by atoms with E-state index in [1.807, 2.05) is 56.3 Å². The fraction of sp³-hybridized carbons (Fsp3) is 0.579. The normalized spacial score (nSPS) is 39.8. The molecular weight excluding hydrogens is 532 g/mol. The molecule has 0 bridgehead atoms. The van der Waals surface area contributed by atoms with Crippen LogP contribution in [0, 0.1) is 64.1 Å². The van der Waals surface area contributed by atoms with Gasteiger partial charge in [-0.25, -0.2) is 0 Å². The van der Waals surface area contributed by atoms with Gasteiger partial charge in [0.05, 0.1) is 5.57 Å². The quantitative estimate of drug-likeness (QED) is 0.381. The maximum absolute atomic E-state index is 14.4. The highest BCUT2D eigenvalue weighted by atomic mass is 16.2. The Morgan fingerprint density at radius 1 is 0.977 bits per heavy atom. The molecule has 3 fully saturated rings. The van der Waals surface area contributed by atoms with E-state index >= 15 is 0 Å². The number of amides is 1. The van der Waals surface area contributed by atoms with E-state index in [-0.39, 0.29) is 63.5 Å². The maximum atomic E-state index is 14.4. The van der Waals surface area contributed by atoms with Crippen LogP contribution in [0.2, 0.25) is 0 Å². The topological polar surface area (TPSA) is 87.0 Å². The summed E-state index contributed by atoms with van der Waals surface area (Å²) in [5.74, 6) is -0.0162. The molecule has 3 saturated carbocycles. The first-order valence-corrected chi connectivity index (χ1v) is 16.2. The number of allylic oxidation sites excluding steroid dienone is 4. The summed E-state index contributed by atoms with van der Waals surface area (Å²) in [4.78, 5) is 40.8. The predicted molar refractivity (Wildman–Crippen MR) is 168 cm³/mol. The van der Waals surface area contributed by atoms with Crippen LogP contribution in [0.25, 0.3) is 6.08 Å². The predicted octanol–water partition coefficient (Wildman–Crippen LogP) is 7.32. The number of aryl methyl sites for hydroxylation is 1. The lowest BCUT2D eigenvalue weighted by atomic mass is 9.40. The Labute approximate surface area is 256 Å². The Balaban J connectivity index is 1.36. The Bertz CT molecular complexity index is 1510. The zero-order chi connectivity index (χ0) is 30.9. The van der Waals surface area contributed by atoms with Crippen molar-refractivity contribution in [3.05, 3.63) is 64.8 Å². The number of hydrogen-bond acceptors (Lipinski definition) is 4. The number of nitriles is 1. The van der Waals surface area contributed by atoms with E-state index in [2.05, 4.69) is 39.1 Å². The van der Waals surface area contributed by atoms with Gasteiger partial charge in [-0.2, -0.15) is 5.26 Å². The van der Waals surface area contributed by atoms with Gasteiger partial charge in [-0.3, -0.25) is 14.4 Å². The lowest BCUT2D eigenvalue weighted by Gasteiger charge is -2.64. The summed E-state index contributed by atoms with van der Waals surface area (Å²) < 4.78 is 0. The van der Waals surface area contributed by atoms with Gasteiger partial charge in [0.1, 0.15) is 6.07 Å². The molecule has 226 valence electrons. The van der Waals surface area contributed by atoms with E-state index < -0.39 is 11.0 Å². The molecule has 1 N–H and O–H groups in total. The molecule has 5 aliphatic rings. The molecule has 43 heavy (non-hydrogen) atoms. The minimum absolute atomic E-state index is 0.0618. The zero-order valence-corrected chi connectivity index (χ0v) is 26.6. The molecule has 0 aliphatic heterocycles. The first-order chi connectivity index (χ1) is 20.2. The number of carbonyl (C=O) groups excluding carboxylic acids is 3. The number of benzene rings is 1. The third-order valence-corrected chi connectivity index (χ3v) is 12.6. The monoisotopic (exact) mass is 578 g/mol. The summed E-state index contributed by atoms with van der Waals surface area (Å²) in [6.07, 6.45) is 13.8. The molecule has 5 nitrogen and oxygen atoms in total. The van der Waals surface area contributed by atoms with Gasteiger partial charge >= 0.3 is 0 Å². The molecule has 0 radical (unpaired) electrons. The Hall–Kier alpha value is -3.26. The van der Waals surface area contributed by atoms with Crippen LogP contribution in [0.5, 0.6) is 0 Å². The lowest BCUT2D eigenvalue weighted by molar-refractivity contribution is -0.143. The Kier molecular flexibility index (Phi) is 7.03. The van der Waals surface area contributed by atoms with Gasteiger partial charge in [-0.15, -0.1) is 0 Å². The third-order valence-electron chi connectivity index (χ3n) is 12.6. The van der Waals surface area contributed by atoms with Crippen molar-refractivity contribution < 1.29 is 14.4 Å². The highest BCUT2D eigenvalue weighted by Gasteiger charge is 2.64. The smallest absolute Gasteiger partial charge is 0.244 e. The number of rotatable bonds is 3. The number of nitrogens with one attached hydrogen (secondary N) is 1. The van der Waals surface area contributed by atoms with Crippen molar-refractivity contribution in [2.75, 3.05) is 0 Å². The molecule has 0 spiro atoms. The Morgan fingerprint density at radius 2 is 1.67 bits per heavy atom. The van der Waals surface area contributed by atoms with Crippen LogP contribution >= 0.6 is 0 Å². The van der Waals surface area contributed by atoms with Crippen LogP contribution in [0.1, 0.15) is 90.7 Å². The number of nitrogens with zero attached hydrogens (tertiary/aromatic N) is 1. The van der Waals surface area contributed by atoms with E-state index in [0.29, 0.717) is 0 Å². The van der Waals surface area contributed by atoms with Crippen LogP contribution in [0.4, 0.5) is 0 Å². The van der Waals surface area contributed by atoms with Crippen LogP contribution in [0.3, 0.4) is 0 Å². The van der Waals surface area contributed by atoms with Gasteiger partial charge in [0, 0.05) is 28.9 Å². The highest BCUT2D eigenvalue weighted by molar-refractivity contribution is 6.02. The van der Waals surface area contributed by atoms with Gasteiger partial charge in [-0.1, -0.05) is 76.1 Å². The van der Waals surface area contributed by atoms with Gasteiger partial charge < -0.3 is 5.32 Å². The first-order valence-electron chi connectivity index (χ1n) is 16.2. The molecule has 8 atom stereocenters. The van der Waals surface area contributed by atoms with Gasteiger partial charge in [0.2, 0.25) is 5.91 Å². The van der Waals surface area contributed by atoms with Crippen LogP contribution < -0.4 is 5.32 Å². The van der Waals surface area contributed by atoms with Crippen LogP contribution in [-0.4, -0.2) is 23.0 Å². The summed E-state index contributed by atoms with van der Waals surface area (Å²) in [7, 11) is 0. The summed E-state index contributed by atoms with van der Waals surface area (Å²) in [6.45, 7) is 13.1. The standard InChI is InChI=1S/C38H46N2O3/c1-23-7-9-25(10-8-23)11-12-32(42)40-38-16-14-28-33(29(38)21-35(3,4)17-18-38)30(41)19-31-36(28,5)15-13-27-24(2)34(43)26(22-39)20-37(27,31)6/h7-12,19-20,24,27-29,33H,13-18,21H2,1-6H3,(H,40,42)/b12-11+. The molecule has 6 rings (SSSR count). The Morgan fingerprint density at radius 3 is 2.37 bits per heavy atom. The zero-order valence-electron chi connectivity index (χ0n) is 26.6. The van der Waals surface area contributed by atoms with E-state index in [1.165, 1.54) is 5.56 Å². The maximum Gasteiger partial charge on any atom is 0.244 e. The second-order valence-electron chi connectivity index (χ2n) is 15.7. The van der Waals surface area contributed by atoms with E-state index in [0.717, 1.165) is 56.1 Å². The van der Waals surface area contributed by atoms with Crippen molar-refractivity contribution >= 4 is 23.5 Å². The van der Waals surface area contributed by atoms with Crippen LogP contribution in [-0.2, 0) is 14.4 Å². The van der Waals surface area contributed by atoms with Crippen molar-refractivity contribution in [3.63, 3.8) is 0 Å².